The van der Waals surface area contributed by atoms with Crippen molar-refractivity contribution in [2.75, 3.05) is 20.6 Å². The van der Waals surface area contributed by atoms with Crippen LogP contribution in [-0.4, -0.2) is 36.2 Å². The van der Waals surface area contributed by atoms with Gasteiger partial charge in [-0.25, -0.2) is 4.79 Å². The van der Waals surface area contributed by atoms with E-state index in [1.807, 2.05) is 51.4 Å². The Labute approximate surface area is 103 Å². The molecule has 1 unspecified atom stereocenters. The lowest BCUT2D eigenvalue weighted by Crippen LogP contribution is -2.47. The Morgan fingerprint density at radius 2 is 1.88 bits per heavy atom. The van der Waals surface area contributed by atoms with Gasteiger partial charge in [-0.2, -0.15) is 0 Å². The number of nitrogens with zero attached hydrogens (tertiary/aromatic N) is 1. The zero-order valence-electron chi connectivity index (χ0n) is 10.7. The van der Waals surface area contributed by atoms with Gasteiger partial charge >= 0.3 is 5.97 Å². The van der Waals surface area contributed by atoms with E-state index in [-0.39, 0.29) is 12.6 Å². The molecule has 1 N–H and O–H groups in total. The molecule has 0 spiro atoms. The van der Waals surface area contributed by atoms with Crippen molar-refractivity contribution in [2.45, 2.75) is 13.0 Å². The number of benzene rings is 1. The number of carbonyl (C=O) groups is 1. The summed E-state index contributed by atoms with van der Waals surface area (Å²) in [6, 6.07) is 9.92. The lowest BCUT2D eigenvalue weighted by molar-refractivity contribution is -0.908. The third kappa shape index (κ3) is 3.43. The lowest BCUT2D eigenvalue weighted by Gasteiger charge is -2.37. The summed E-state index contributed by atoms with van der Waals surface area (Å²) in [5.41, 5.74) is 2.08. The summed E-state index contributed by atoms with van der Waals surface area (Å²) in [6.07, 6.45) is 0. The highest BCUT2D eigenvalue weighted by Gasteiger charge is 2.32. The minimum atomic E-state index is -0.794. The van der Waals surface area contributed by atoms with Crippen molar-refractivity contribution in [1.82, 2.24) is 0 Å². The molecule has 0 amide bonds. The first-order valence-corrected chi connectivity index (χ1v) is 5.59. The van der Waals surface area contributed by atoms with E-state index in [2.05, 4.69) is 6.58 Å². The van der Waals surface area contributed by atoms with Gasteiger partial charge < -0.3 is 9.59 Å². The van der Waals surface area contributed by atoms with Crippen molar-refractivity contribution >= 4 is 5.97 Å². The van der Waals surface area contributed by atoms with Crippen molar-refractivity contribution in [3.8, 4) is 0 Å². The molecule has 1 aromatic carbocycles. The van der Waals surface area contributed by atoms with E-state index in [0.29, 0.717) is 4.48 Å². The summed E-state index contributed by atoms with van der Waals surface area (Å²) in [6.45, 7) is 6.02. The first-order valence-electron chi connectivity index (χ1n) is 5.59. The van der Waals surface area contributed by atoms with Crippen LogP contribution >= 0.6 is 0 Å². The van der Waals surface area contributed by atoms with E-state index < -0.39 is 5.97 Å². The highest BCUT2D eigenvalue weighted by atomic mass is 16.4. The molecule has 92 valence electrons. The molecule has 0 heterocycles. The molecule has 0 saturated heterocycles. The summed E-state index contributed by atoms with van der Waals surface area (Å²) in [7, 11) is 3.83. The van der Waals surface area contributed by atoms with Crippen LogP contribution in [0.1, 0.15) is 18.5 Å². The minimum Gasteiger partial charge on any atom is -0.477 e. The van der Waals surface area contributed by atoms with Gasteiger partial charge in [0, 0.05) is 5.56 Å². The minimum absolute atomic E-state index is 0.00676. The van der Waals surface area contributed by atoms with Crippen molar-refractivity contribution in [3.63, 3.8) is 0 Å². The number of hydrogen-bond donors (Lipinski definition) is 1. The molecule has 0 fully saturated rings. The zero-order valence-corrected chi connectivity index (χ0v) is 10.7. The van der Waals surface area contributed by atoms with Crippen molar-refractivity contribution in [1.29, 1.82) is 0 Å². The third-order valence-corrected chi connectivity index (χ3v) is 2.82. The molecule has 0 aliphatic heterocycles. The van der Waals surface area contributed by atoms with Crippen LogP contribution in [0.4, 0.5) is 0 Å². The number of likely N-dealkylation sites (N-methyl/N-ethyl adjacent to an activating group) is 1. The van der Waals surface area contributed by atoms with Gasteiger partial charge in [0.1, 0.15) is 6.04 Å². The van der Waals surface area contributed by atoms with Gasteiger partial charge in [0.2, 0.25) is 0 Å². The van der Waals surface area contributed by atoms with E-state index in [9.17, 15) is 4.79 Å². The maximum absolute atomic E-state index is 10.9. The molecule has 1 rings (SSSR count). The van der Waals surface area contributed by atoms with Crippen LogP contribution < -0.4 is 0 Å². The summed E-state index contributed by atoms with van der Waals surface area (Å²) in [5, 5.41) is 8.98. The van der Waals surface area contributed by atoms with Gasteiger partial charge in [0.25, 0.3) is 0 Å². The first kappa shape index (κ1) is 13.5. The molecule has 1 atom stereocenters. The van der Waals surface area contributed by atoms with Crippen LogP contribution in [0.25, 0.3) is 0 Å². The number of aliphatic carboxylic acids is 1. The number of hydrogen-bond acceptors (Lipinski definition) is 1. The van der Waals surface area contributed by atoms with E-state index in [0.717, 1.165) is 11.1 Å². The Kier molecular flexibility index (Phi) is 4.07. The number of quaternary nitrogens is 1. The molecule has 3 nitrogen and oxygen atoms in total. The van der Waals surface area contributed by atoms with Crippen LogP contribution in [0.5, 0.6) is 0 Å². The molecule has 1 aromatic rings. The van der Waals surface area contributed by atoms with Crippen LogP contribution in [0.15, 0.2) is 42.5 Å². The van der Waals surface area contributed by atoms with E-state index in [4.69, 9.17) is 5.11 Å². The molecule has 3 heteroatoms. The molecule has 0 aliphatic rings. The second kappa shape index (κ2) is 5.15. The van der Waals surface area contributed by atoms with E-state index in [1.165, 1.54) is 0 Å². The average molecular weight is 234 g/mol. The first-order chi connectivity index (χ1) is 7.84. The molecular weight excluding hydrogens is 214 g/mol. The lowest BCUT2D eigenvalue weighted by atomic mass is 9.98. The Morgan fingerprint density at radius 3 is 2.29 bits per heavy atom. The second-order valence-electron chi connectivity index (χ2n) is 4.99. The second-order valence-corrected chi connectivity index (χ2v) is 4.99. The highest BCUT2D eigenvalue weighted by molar-refractivity contribution is 5.68. The van der Waals surface area contributed by atoms with Crippen LogP contribution in [0, 0.1) is 0 Å². The predicted octanol–water partition coefficient (Wildman–Crippen LogP) is 2.46. The Morgan fingerprint density at radius 1 is 1.35 bits per heavy atom. The number of carboxylic acid groups (broad SMARTS) is 1. The Hall–Kier alpha value is -1.61. The molecule has 0 bridgehead atoms. The number of carboxylic acids is 1. The quantitative estimate of drug-likeness (QED) is 0.627. The molecule has 0 aromatic heterocycles. The van der Waals surface area contributed by atoms with Crippen molar-refractivity contribution in [2.24, 2.45) is 0 Å². The fourth-order valence-corrected chi connectivity index (χ4v) is 2.36. The summed E-state index contributed by atoms with van der Waals surface area (Å²) in [5.74, 6) is -0.794. The normalized spacial score (nSPS) is 13.1. The zero-order chi connectivity index (χ0) is 13.1. The van der Waals surface area contributed by atoms with Crippen molar-refractivity contribution in [3.05, 3.63) is 48.0 Å². The molecule has 0 aliphatic carbocycles. The van der Waals surface area contributed by atoms with Crippen molar-refractivity contribution < 1.29 is 14.4 Å². The number of rotatable bonds is 5. The molecular formula is C14H20NO2+. The van der Waals surface area contributed by atoms with Crippen LogP contribution in [-0.2, 0) is 4.79 Å². The van der Waals surface area contributed by atoms with E-state index >= 15 is 0 Å². The summed E-state index contributed by atoms with van der Waals surface area (Å²) >= 11 is 0. The van der Waals surface area contributed by atoms with Gasteiger partial charge in [-0.05, 0) is 12.5 Å². The van der Waals surface area contributed by atoms with Crippen LogP contribution in [0.2, 0.25) is 0 Å². The van der Waals surface area contributed by atoms with Gasteiger partial charge in [-0.15, -0.1) is 0 Å². The van der Waals surface area contributed by atoms with Gasteiger partial charge in [-0.3, -0.25) is 0 Å². The van der Waals surface area contributed by atoms with Gasteiger partial charge in [0.05, 0.1) is 14.1 Å². The predicted molar refractivity (Wildman–Crippen MR) is 68.6 cm³/mol. The average Bonchev–Trinajstić information content (AvgIpc) is 2.15. The standard InChI is InChI=1S/C14H19NO2/c1-11(2)14(12-8-6-5-7-9-12)15(3,4)10-13(16)17/h5-9,14H,1,10H2,2-4H3/p+1. The van der Waals surface area contributed by atoms with Crippen LogP contribution in [0.3, 0.4) is 0 Å². The van der Waals surface area contributed by atoms with Gasteiger partial charge in [0.15, 0.2) is 6.54 Å². The summed E-state index contributed by atoms with van der Waals surface area (Å²) < 4.78 is 0.370. The monoisotopic (exact) mass is 234 g/mol. The Balaban J connectivity index is 3.10. The molecule has 0 radical (unpaired) electrons. The Bertz CT molecular complexity index is 409. The maximum atomic E-state index is 10.9. The smallest absolute Gasteiger partial charge is 0.359 e. The van der Waals surface area contributed by atoms with Gasteiger partial charge in [-0.1, -0.05) is 36.9 Å². The largest absolute Gasteiger partial charge is 0.477 e. The fourth-order valence-electron chi connectivity index (χ4n) is 2.36. The van der Waals surface area contributed by atoms with E-state index in [1.54, 1.807) is 0 Å². The summed E-state index contributed by atoms with van der Waals surface area (Å²) in [4.78, 5) is 10.9. The highest BCUT2D eigenvalue weighted by Crippen LogP contribution is 2.30. The SMILES string of the molecule is C=C(C)C(c1ccccc1)[N+](C)(C)CC(=O)O. The topological polar surface area (TPSA) is 37.3 Å². The maximum Gasteiger partial charge on any atom is 0.359 e. The fraction of sp³-hybridized carbons (Fsp3) is 0.357. The third-order valence-electron chi connectivity index (χ3n) is 2.82. The molecule has 0 saturated carbocycles. The molecule has 17 heavy (non-hydrogen) atoms.